The van der Waals surface area contributed by atoms with E-state index in [0.717, 1.165) is 11.1 Å². The summed E-state index contributed by atoms with van der Waals surface area (Å²) in [5.41, 5.74) is 2.79. The Kier molecular flexibility index (Phi) is 4.07. The summed E-state index contributed by atoms with van der Waals surface area (Å²) in [7, 11) is 0. The van der Waals surface area contributed by atoms with Crippen molar-refractivity contribution in [3.05, 3.63) is 53.6 Å². The summed E-state index contributed by atoms with van der Waals surface area (Å²) in [5.74, 6) is 1.88. The van der Waals surface area contributed by atoms with E-state index < -0.39 is 6.10 Å². The highest BCUT2D eigenvalue weighted by atomic mass is 16.6. The van der Waals surface area contributed by atoms with Gasteiger partial charge >= 0.3 is 0 Å². The smallest absolute Gasteiger partial charge is 0.204 e. The molecule has 0 fully saturated rings. The van der Waals surface area contributed by atoms with Gasteiger partial charge in [-0.1, -0.05) is 35.9 Å². The summed E-state index contributed by atoms with van der Waals surface area (Å²) in [6, 6.07) is 13.3. The fourth-order valence-corrected chi connectivity index (χ4v) is 2.67. The lowest BCUT2D eigenvalue weighted by Gasteiger charge is -2.20. The molecule has 0 radical (unpaired) electrons. The predicted octanol–water partition coefficient (Wildman–Crippen LogP) is 2.15. The van der Waals surface area contributed by atoms with Crippen LogP contribution in [0.25, 0.3) is 11.4 Å². The van der Waals surface area contributed by atoms with E-state index >= 15 is 0 Å². The van der Waals surface area contributed by atoms with E-state index in [-0.39, 0.29) is 6.54 Å². The zero-order valence-corrected chi connectivity index (χ0v) is 13.8. The van der Waals surface area contributed by atoms with Crippen LogP contribution in [0.3, 0.4) is 0 Å². The van der Waals surface area contributed by atoms with Gasteiger partial charge in [0, 0.05) is 5.56 Å². The number of nitrogens with zero attached hydrogens (tertiary/aromatic N) is 4. The van der Waals surface area contributed by atoms with Crippen LogP contribution in [0.4, 0.5) is 0 Å². The molecule has 0 bridgehead atoms. The molecule has 1 aliphatic heterocycles. The van der Waals surface area contributed by atoms with E-state index in [0.29, 0.717) is 30.5 Å². The third kappa shape index (κ3) is 3.32. The van der Waals surface area contributed by atoms with Crippen LogP contribution in [0, 0.1) is 6.92 Å². The normalized spacial score (nSPS) is 14.3. The minimum Gasteiger partial charge on any atom is -0.486 e. The van der Waals surface area contributed by atoms with Crippen molar-refractivity contribution in [2.45, 2.75) is 19.6 Å². The summed E-state index contributed by atoms with van der Waals surface area (Å²) in [5, 5.41) is 22.9. The summed E-state index contributed by atoms with van der Waals surface area (Å²) in [4.78, 5) is 1.40. The Morgan fingerprint density at radius 3 is 2.64 bits per heavy atom. The molecule has 1 atom stereocenters. The first-order chi connectivity index (χ1) is 12.2. The number of hydrogen-bond donors (Lipinski definition) is 1. The monoisotopic (exact) mass is 338 g/mol. The van der Waals surface area contributed by atoms with Gasteiger partial charge in [0.05, 0.1) is 6.54 Å². The van der Waals surface area contributed by atoms with E-state index in [1.807, 2.05) is 37.3 Å². The summed E-state index contributed by atoms with van der Waals surface area (Å²) < 4.78 is 11.0. The largest absolute Gasteiger partial charge is 0.486 e. The lowest BCUT2D eigenvalue weighted by molar-refractivity contribution is 0.141. The van der Waals surface area contributed by atoms with Crippen LogP contribution < -0.4 is 9.47 Å². The maximum Gasteiger partial charge on any atom is 0.204 e. The molecule has 1 aromatic heterocycles. The van der Waals surface area contributed by atoms with Crippen LogP contribution in [0.5, 0.6) is 11.5 Å². The molecule has 4 rings (SSSR count). The van der Waals surface area contributed by atoms with Gasteiger partial charge in [0.1, 0.15) is 19.3 Å². The molecule has 1 N–H and O–H groups in total. The Morgan fingerprint density at radius 2 is 1.84 bits per heavy atom. The second kappa shape index (κ2) is 6.52. The average Bonchev–Trinajstić information content (AvgIpc) is 3.10. The number of aromatic nitrogens is 4. The molecule has 0 aliphatic carbocycles. The number of tetrazole rings is 1. The number of ether oxygens (including phenoxy) is 2. The topological polar surface area (TPSA) is 82.3 Å². The Morgan fingerprint density at radius 1 is 1.08 bits per heavy atom. The van der Waals surface area contributed by atoms with Crippen molar-refractivity contribution in [3.63, 3.8) is 0 Å². The second-order valence-corrected chi connectivity index (χ2v) is 5.95. The van der Waals surface area contributed by atoms with Gasteiger partial charge in [-0.25, -0.2) is 0 Å². The number of aryl methyl sites for hydroxylation is 1. The highest BCUT2D eigenvalue weighted by molar-refractivity contribution is 5.54. The van der Waals surface area contributed by atoms with Crippen molar-refractivity contribution in [1.29, 1.82) is 0 Å². The van der Waals surface area contributed by atoms with Gasteiger partial charge in [-0.3, -0.25) is 0 Å². The fraction of sp³-hybridized carbons (Fsp3) is 0.278. The van der Waals surface area contributed by atoms with Crippen LogP contribution in [-0.2, 0) is 6.54 Å². The Bertz CT molecular complexity index is 876. The minimum atomic E-state index is -0.768. The van der Waals surface area contributed by atoms with Crippen molar-refractivity contribution in [2.24, 2.45) is 0 Å². The molecule has 0 saturated heterocycles. The van der Waals surface area contributed by atoms with Crippen LogP contribution >= 0.6 is 0 Å². The first kappa shape index (κ1) is 15.6. The zero-order chi connectivity index (χ0) is 17.2. The van der Waals surface area contributed by atoms with Gasteiger partial charge in [-0.05, 0) is 29.8 Å². The number of fused-ring (bicyclic) bond motifs is 1. The highest BCUT2D eigenvalue weighted by Crippen LogP contribution is 2.32. The summed E-state index contributed by atoms with van der Waals surface area (Å²) >= 11 is 0. The zero-order valence-electron chi connectivity index (χ0n) is 13.8. The molecule has 0 saturated carbocycles. The SMILES string of the molecule is Cc1ccc(-c2nnn(C[C@H](O)c3ccc4c(c3)OCCO4)n2)cc1. The molecule has 2 heterocycles. The van der Waals surface area contributed by atoms with Gasteiger partial charge in [-0.2, -0.15) is 4.80 Å². The fourth-order valence-electron chi connectivity index (χ4n) is 2.67. The second-order valence-electron chi connectivity index (χ2n) is 5.95. The van der Waals surface area contributed by atoms with E-state index in [1.54, 1.807) is 12.1 Å². The molecule has 7 heteroatoms. The standard InChI is InChI=1S/C18H18N4O3/c1-12-2-4-13(5-3-12)18-19-21-22(20-18)11-15(23)14-6-7-16-17(10-14)25-9-8-24-16/h2-7,10,15,23H,8-9,11H2,1H3/t15-/m0/s1. The van der Waals surface area contributed by atoms with Crippen molar-refractivity contribution < 1.29 is 14.6 Å². The van der Waals surface area contributed by atoms with Gasteiger partial charge in [0.15, 0.2) is 11.5 Å². The molecular weight excluding hydrogens is 320 g/mol. The van der Waals surface area contributed by atoms with Crippen molar-refractivity contribution >= 4 is 0 Å². The quantitative estimate of drug-likeness (QED) is 0.785. The lowest BCUT2D eigenvalue weighted by atomic mass is 10.1. The van der Waals surface area contributed by atoms with Gasteiger partial charge in [0.2, 0.25) is 5.82 Å². The van der Waals surface area contributed by atoms with E-state index in [2.05, 4.69) is 15.4 Å². The molecule has 0 amide bonds. The van der Waals surface area contributed by atoms with E-state index in [4.69, 9.17) is 9.47 Å². The molecule has 0 spiro atoms. The summed E-state index contributed by atoms with van der Waals surface area (Å²) in [6.07, 6.45) is -0.768. The third-order valence-corrected chi connectivity index (χ3v) is 4.05. The summed E-state index contributed by atoms with van der Waals surface area (Å²) in [6.45, 7) is 3.28. The molecule has 3 aromatic rings. The predicted molar refractivity (Wildman–Crippen MR) is 90.4 cm³/mol. The third-order valence-electron chi connectivity index (χ3n) is 4.05. The molecule has 128 valence electrons. The first-order valence-corrected chi connectivity index (χ1v) is 8.11. The van der Waals surface area contributed by atoms with Crippen LogP contribution in [0.2, 0.25) is 0 Å². The number of aliphatic hydroxyl groups excluding tert-OH is 1. The van der Waals surface area contributed by atoms with Crippen molar-refractivity contribution in [3.8, 4) is 22.9 Å². The lowest BCUT2D eigenvalue weighted by Crippen LogP contribution is -2.16. The number of benzene rings is 2. The first-order valence-electron chi connectivity index (χ1n) is 8.11. The number of rotatable bonds is 4. The number of aliphatic hydroxyl groups is 1. The van der Waals surface area contributed by atoms with Crippen molar-refractivity contribution in [1.82, 2.24) is 20.2 Å². The Hall–Kier alpha value is -2.93. The molecule has 1 aliphatic rings. The highest BCUT2D eigenvalue weighted by Gasteiger charge is 2.17. The molecule has 25 heavy (non-hydrogen) atoms. The molecule has 7 nitrogen and oxygen atoms in total. The Balaban J connectivity index is 1.49. The molecule has 0 unspecified atom stereocenters. The van der Waals surface area contributed by atoms with Crippen molar-refractivity contribution in [2.75, 3.05) is 13.2 Å². The van der Waals surface area contributed by atoms with Gasteiger partial charge in [-0.15, -0.1) is 10.2 Å². The van der Waals surface area contributed by atoms with Crippen LogP contribution in [0.15, 0.2) is 42.5 Å². The van der Waals surface area contributed by atoms with E-state index in [9.17, 15) is 5.11 Å². The van der Waals surface area contributed by atoms with Gasteiger partial charge < -0.3 is 14.6 Å². The Labute approximate surface area is 144 Å². The minimum absolute atomic E-state index is 0.207. The maximum atomic E-state index is 10.5. The van der Waals surface area contributed by atoms with Gasteiger partial charge in [0.25, 0.3) is 0 Å². The van der Waals surface area contributed by atoms with Crippen LogP contribution in [0.1, 0.15) is 17.2 Å². The van der Waals surface area contributed by atoms with E-state index in [1.165, 1.54) is 10.4 Å². The molecule has 2 aromatic carbocycles. The average molecular weight is 338 g/mol. The maximum absolute atomic E-state index is 10.5. The number of hydrogen-bond acceptors (Lipinski definition) is 6. The molecular formula is C18H18N4O3. The van der Waals surface area contributed by atoms with Crippen LogP contribution in [-0.4, -0.2) is 38.5 Å².